The summed E-state index contributed by atoms with van der Waals surface area (Å²) < 4.78 is 65.8. The fourth-order valence-corrected chi connectivity index (χ4v) is 3.16. The zero-order valence-corrected chi connectivity index (χ0v) is 10.8. The molecule has 7 heteroatoms. The standard InChI is InChI=1S/C12H13F3O3S/c13-12(14,15)9-5-7-11(8-6-9)19(16,17)18-10-3-1-2-4-10/h5-8,10H,1-4H2. The lowest BCUT2D eigenvalue weighted by molar-refractivity contribution is -0.137. The van der Waals surface area contributed by atoms with Gasteiger partial charge < -0.3 is 0 Å². The van der Waals surface area contributed by atoms with E-state index in [9.17, 15) is 21.6 Å². The summed E-state index contributed by atoms with van der Waals surface area (Å²) in [6, 6.07) is 3.33. The van der Waals surface area contributed by atoms with Crippen LogP contribution in [-0.2, 0) is 20.5 Å². The Kier molecular flexibility index (Phi) is 3.87. The van der Waals surface area contributed by atoms with Gasteiger partial charge in [0.2, 0.25) is 0 Å². The van der Waals surface area contributed by atoms with Gasteiger partial charge in [-0.05, 0) is 37.1 Å². The van der Waals surface area contributed by atoms with E-state index in [1.807, 2.05) is 0 Å². The first-order valence-electron chi connectivity index (χ1n) is 5.89. The molecule has 0 unspecified atom stereocenters. The second kappa shape index (κ2) is 5.13. The van der Waals surface area contributed by atoms with Crippen LogP contribution in [0.5, 0.6) is 0 Å². The fraction of sp³-hybridized carbons (Fsp3) is 0.500. The molecule has 0 amide bonds. The third-order valence-corrected chi connectivity index (χ3v) is 4.41. The molecular formula is C12H13F3O3S. The molecule has 1 aromatic rings. The van der Waals surface area contributed by atoms with Crippen molar-refractivity contribution >= 4 is 10.1 Å². The summed E-state index contributed by atoms with van der Waals surface area (Å²) in [5.41, 5.74) is -0.882. The van der Waals surface area contributed by atoms with Crippen molar-refractivity contribution in [1.82, 2.24) is 0 Å². The zero-order valence-electron chi connectivity index (χ0n) is 9.98. The summed E-state index contributed by atoms with van der Waals surface area (Å²) in [7, 11) is -3.97. The van der Waals surface area contributed by atoms with Gasteiger partial charge in [0.15, 0.2) is 0 Å². The molecule has 0 heterocycles. The average molecular weight is 294 g/mol. The van der Waals surface area contributed by atoms with E-state index in [4.69, 9.17) is 4.18 Å². The van der Waals surface area contributed by atoms with Crippen molar-refractivity contribution in [2.45, 2.75) is 42.9 Å². The predicted molar refractivity (Wildman–Crippen MR) is 62.0 cm³/mol. The molecule has 0 N–H and O–H groups in total. The Labute approximate surface area is 109 Å². The van der Waals surface area contributed by atoms with Gasteiger partial charge in [-0.1, -0.05) is 12.8 Å². The predicted octanol–water partition coefficient (Wildman–Crippen LogP) is 3.35. The molecule has 0 aromatic heterocycles. The molecular weight excluding hydrogens is 281 g/mol. The van der Waals surface area contributed by atoms with E-state index >= 15 is 0 Å². The van der Waals surface area contributed by atoms with Gasteiger partial charge in [-0.15, -0.1) is 0 Å². The Balaban J connectivity index is 2.16. The molecule has 0 aliphatic heterocycles. The summed E-state index contributed by atoms with van der Waals surface area (Å²) >= 11 is 0. The molecule has 1 saturated carbocycles. The number of rotatable bonds is 3. The first-order valence-corrected chi connectivity index (χ1v) is 7.30. The molecule has 2 rings (SSSR count). The third-order valence-electron chi connectivity index (χ3n) is 3.04. The van der Waals surface area contributed by atoms with Crippen LogP contribution in [-0.4, -0.2) is 14.5 Å². The van der Waals surface area contributed by atoms with Crippen molar-refractivity contribution in [2.75, 3.05) is 0 Å². The topological polar surface area (TPSA) is 43.4 Å². The van der Waals surface area contributed by atoms with Crippen LogP contribution in [0.2, 0.25) is 0 Å². The highest BCUT2D eigenvalue weighted by Gasteiger charge is 2.31. The van der Waals surface area contributed by atoms with Crippen LogP contribution in [0.1, 0.15) is 31.2 Å². The van der Waals surface area contributed by atoms with Gasteiger partial charge in [0.25, 0.3) is 10.1 Å². The van der Waals surface area contributed by atoms with Crippen molar-refractivity contribution in [3.63, 3.8) is 0 Å². The Morgan fingerprint density at radius 2 is 1.58 bits per heavy atom. The van der Waals surface area contributed by atoms with Crippen molar-refractivity contribution < 1.29 is 25.8 Å². The minimum atomic E-state index is -4.48. The Hall–Kier alpha value is -1.08. The first kappa shape index (κ1) is 14.3. The van der Waals surface area contributed by atoms with Crippen LogP contribution in [0.3, 0.4) is 0 Å². The van der Waals surface area contributed by atoms with E-state index < -0.39 is 21.9 Å². The molecule has 0 bridgehead atoms. The zero-order chi connectivity index (χ0) is 14.1. The molecule has 1 aliphatic carbocycles. The summed E-state index contributed by atoms with van der Waals surface area (Å²) in [6.07, 6.45) is -1.68. The van der Waals surface area contributed by atoms with Crippen LogP contribution in [0.15, 0.2) is 29.2 Å². The summed E-state index contributed by atoms with van der Waals surface area (Å²) in [5, 5.41) is 0. The summed E-state index contributed by atoms with van der Waals surface area (Å²) in [6.45, 7) is 0. The number of benzene rings is 1. The lowest BCUT2D eigenvalue weighted by Gasteiger charge is -2.12. The third kappa shape index (κ3) is 3.48. The Morgan fingerprint density at radius 3 is 2.05 bits per heavy atom. The molecule has 106 valence electrons. The number of alkyl halides is 3. The van der Waals surface area contributed by atoms with Gasteiger partial charge in [0.05, 0.1) is 16.6 Å². The fourth-order valence-electron chi connectivity index (χ4n) is 2.03. The number of hydrogen-bond donors (Lipinski definition) is 0. The first-order chi connectivity index (χ1) is 8.79. The molecule has 0 atom stereocenters. The Morgan fingerprint density at radius 1 is 1.05 bits per heavy atom. The second-order valence-electron chi connectivity index (χ2n) is 4.48. The number of hydrogen-bond acceptors (Lipinski definition) is 3. The monoisotopic (exact) mass is 294 g/mol. The molecule has 1 aliphatic rings. The SMILES string of the molecule is O=S(=O)(OC1CCCC1)c1ccc(C(F)(F)F)cc1. The highest BCUT2D eigenvalue weighted by molar-refractivity contribution is 7.86. The summed E-state index contributed by atoms with van der Waals surface area (Å²) in [5.74, 6) is 0. The van der Waals surface area contributed by atoms with Gasteiger partial charge >= 0.3 is 6.18 Å². The molecule has 1 aromatic carbocycles. The lowest BCUT2D eigenvalue weighted by atomic mass is 10.2. The Bertz CT molecular complexity index is 528. The molecule has 3 nitrogen and oxygen atoms in total. The largest absolute Gasteiger partial charge is 0.416 e. The van der Waals surface area contributed by atoms with Crippen molar-refractivity contribution in [3.05, 3.63) is 29.8 Å². The van der Waals surface area contributed by atoms with Crippen LogP contribution in [0.4, 0.5) is 13.2 Å². The van der Waals surface area contributed by atoms with Crippen LogP contribution >= 0.6 is 0 Å². The van der Waals surface area contributed by atoms with E-state index in [1.54, 1.807) is 0 Å². The lowest BCUT2D eigenvalue weighted by Crippen LogP contribution is -2.15. The average Bonchev–Trinajstić information content (AvgIpc) is 2.80. The molecule has 19 heavy (non-hydrogen) atoms. The number of halogens is 3. The van der Waals surface area contributed by atoms with Crippen molar-refractivity contribution in [2.24, 2.45) is 0 Å². The van der Waals surface area contributed by atoms with E-state index in [1.165, 1.54) is 0 Å². The molecule has 0 radical (unpaired) electrons. The highest BCUT2D eigenvalue weighted by atomic mass is 32.2. The normalized spacial score (nSPS) is 17.8. The van der Waals surface area contributed by atoms with Gasteiger partial charge in [-0.3, -0.25) is 4.18 Å². The van der Waals surface area contributed by atoms with Crippen LogP contribution in [0, 0.1) is 0 Å². The van der Waals surface area contributed by atoms with E-state index in [-0.39, 0.29) is 11.0 Å². The van der Waals surface area contributed by atoms with Gasteiger partial charge in [0, 0.05) is 0 Å². The van der Waals surface area contributed by atoms with Crippen LogP contribution < -0.4 is 0 Å². The van der Waals surface area contributed by atoms with Gasteiger partial charge in [-0.25, -0.2) is 0 Å². The summed E-state index contributed by atoms with van der Waals surface area (Å²) in [4.78, 5) is -0.243. The van der Waals surface area contributed by atoms with Crippen molar-refractivity contribution in [3.8, 4) is 0 Å². The minimum absolute atomic E-state index is 0.243. The maximum Gasteiger partial charge on any atom is 0.416 e. The molecule has 0 saturated heterocycles. The highest BCUT2D eigenvalue weighted by Crippen LogP contribution is 2.31. The smallest absolute Gasteiger partial charge is 0.263 e. The van der Waals surface area contributed by atoms with E-state index in [2.05, 4.69) is 0 Å². The van der Waals surface area contributed by atoms with E-state index in [0.29, 0.717) is 12.8 Å². The maximum absolute atomic E-state index is 12.4. The minimum Gasteiger partial charge on any atom is -0.263 e. The van der Waals surface area contributed by atoms with Crippen molar-refractivity contribution in [1.29, 1.82) is 0 Å². The second-order valence-corrected chi connectivity index (χ2v) is 6.05. The molecule has 0 spiro atoms. The van der Waals surface area contributed by atoms with Crippen LogP contribution in [0.25, 0.3) is 0 Å². The maximum atomic E-state index is 12.4. The van der Waals surface area contributed by atoms with E-state index in [0.717, 1.165) is 37.1 Å². The quantitative estimate of drug-likeness (QED) is 0.803. The van der Waals surface area contributed by atoms with Gasteiger partial charge in [-0.2, -0.15) is 21.6 Å². The molecule has 1 fully saturated rings. The van der Waals surface area contributed by atoms with Gasteiger partial charge in [0.1, 0.15) is 0 Å².